The third-order valence-electron chi connectivity index (χ3n) is 2.50. The summed E-state index contributed by atoms with van der Waals surface area (Å²) in [5.41, 5.74) is 0.137. The first-order valence-electron chi connectivity index (χ1n) is 5.78. The van der Waals surface area contributed by atoms with E-state index in [2.05, 4.69) is 4.98 Å². The van der Waals surface area contributed by atoms with Crippen LogP contribution in [0.25, 0.3) is 0 Å². The molecule has 0 bridgehead atoms. The van der Waals surface area contributed by atoms with Crippen molar-refractivity contribution < 1.29 is 17.9 Å². The lowest BCUT2D eigenvalue weighted by molar-refractivity contribution is -0.137. The fourth-order valence-electron chi connectivity index (χ4n) is 1.52. The number of hydrogen-bond donors (Lipinski definition) is 0. The Balaban J connectivity index is 1.85. The SMILES string of the molecule is FC(F)(F)c1ccc(OCCc2nc(CCl)cs2)cc1. The first kappa shape index (κ1) is 15.1. The molecule has 0 radical (unpaired) electrons. The van der Waals surface area contributed by atoms with Gasteiger partial charge in [-0.1, -0.05) is 0 Å². The molecule has 0 fully saturated rings. The Morgan fingerprint density at radius 2 is 1.90 bits per heavy atom. The summed E-state index contributed by atoms with van der Waals surface area (Å²) in [6, 6.07) is 4.64. The van der Waals surface area contributed by atoms with E-state index in [4.69, 9.17) is 16.3 Å². The van der Waals surface area contributed by atoms with E-state index in [1.165, 1.54) is 23.5 Å². The highest BCUT2D eigenvalue weighted by atomic mass is 35.5. The van der Waals surface area contributed by atoms with Gasteiger partial charge in [-0.05, 0) is 24.3 Å². The topological polar surface area (TPSA) is 22.1 Å². The number of alkyl halides is 4. The van der Waals surface area contributed by atoms with Crippen LogP contribution >= 0.6 is 22.9 Å². The quantitative estimate of drug-likeness (QED) is 0.755. The van der Waals surface area contributed by atoms with Crippen LogP contribution in [0.5, 0.6) is 5.75 Å². The molecule has 7 heteroatoms. The van der Waals surface area contributed by atoms with Gasteiger partial charge in [0, 0.05) is 11.8 Å². The maximum atomic E-state index is 12.4. The summed E-state index contributed by atoms with van der Waals surface area (Å²) in [6.07, 6.45) is -3.72. The van der Waals surface area contributed by atoms with Crippen molar-refractivity contribution in [1.29, 1.82) is 0 Å². The maximum absolute atomic E-state index is 12.4. The fourth-order valence-corrected chi connectivity index (χ4v) is 2.53. The molecule has 0 N–H and O–H groups in total. The molecule has 20 heavy (non-hydrogen) atoms. The molecule has 0 atom stereocenters. The third kappa shape index (κ3) is 4.11. The van der Waals surface area contributed by atoms with Gasteiger partial charge in [-0.25, -0.2) is 4.98 Å². The van der Waals surface area contributed by atoms with Crippen molar-refractivity contribution in [3.05, 3.63) is 45.9 Å². The van der Waals surface area contributed by atoms with Crippen molar-refractivity contribution in [2.45, 2.75) is 18.5 Å². The molecule has 0 aliphatic heterocycles. The number of benzene rings is 1. The summed E-state index contributed by atoms with van der Waals surface area (Å²) >= 11 is 7.13. The molecule has 0 aliphatic rings. The van der Waals surface area contributed by atoms with Crippen molar-refractivity contribution in [3.63, 3.8) is 0 Å². The van der Waals surface area contributed by atoms with Crippen LogP contribution in [0, 0.1) is 0 Å². The van der Waals surface area contributed by atoms with E-state index < -0.39 is 11.7 Å². The molecule has 108 valence electrons. The molecule has 0 amide bonds. The van der Waals surface area contributed by atoms with E-state index in [1.54, 1.807) is 0 Å². The number of thiazole rings is 1. The average Bonchev–Trinajstić information content (AvgIpc) is 2.86. The Labute approximate surface area is 123 Å². The van der Waals surface area contributed by atoms with Crippen molar-refractivity contribution in [3.8, 4) is 5.75 Å². The van der Waals surface area contributed by atoms with Gasteiger partial charge in [-0.3, -0.25) is 0 Å². The first-order chi connectivity index (χ1) is 9.49. The average molecular weight is 322 g/mol. The van der Waals surface area contributed by atoms with Crippen molar-refractivity contribution >= 4 is 22.9 Å². The van der Waals surface area contributed by atoms with E-state index in [0.717, 1.165) is 22.8 Å². The zero-order chi connectivity index (χ0) is 14.6. The summed E-state index contributed by atoms with van der Waals surface area (Å²) in [5, 5.41) is 2.77. The van der Waals surface area contributed by atoms with Crippen molar-refractivity contribution in [2.75, 3.05) is 6.61 Å². The minimum absolute atomic E-state index is 0.362. The van der Waals surface area contributed by atoms with Crippen LogP contribution in [0.15, 0.2) is 29.6 Å². The summed E-state index contributed by atoms with van der Waals surface area (Å²) in [7, 11) is 0. The summed E-state index contributed by atoms with van der Waals surface area (Å²) in [6.45, 7) is 0.362. The van der Waals surface area contributed by atoms with E-state index >= 15 is 0 Å². The van der Waals surface area contributed by atoms with Gasteiger partial charge in [0.15, 0.2) is 0 Å². The van der Waals surface area contributed by atoms with Gasteiger partial charge in [0.05, 0.1) is 28.8 Å². The number of rotatable bonds is 5. The molecule has 0 aliphatic carbocycles. The zero-order valence-corrected chi connectivity index (χ0v) is 11.9. The number of halogens is 4. The molecular weight excluding hydrogens is 311 g/mol. The smallest absolute Gasteiger partial charge is 0.416 e. The van der Waals surface area contributed by atoms with E-state index in [0.29, 0.717) is 24.7 Å². The molecule has 2 rings (SSSR count). The second-order valence-electron chi connectivity index (χ2n) is 3.99. The highest BCUT2D eigenvalue weighted by Crippen LogP contribution is 2.30. The van der Waals surface area contributed by atoms with Gasteiger partial charge in [-0.15, -0.1) is 22.9 Å². The van der Waals surface area contributed by atoms with Gasteiger partial charge in [0.1, 0.15) is 5.75 Å². The fraction of sp³-hybridized carbons (Fsp3) is 0.308. The Hall–Kier alpha value is -1.27. The Morgan fingerprint density at radius 1 is 1.20 bits per heavy atom. The zero-order valence-electron chi connectivity index (χ0n) is 10.3. The van der Waals surface area contributed by atoms with Gasteiger partial charge in [0.25, 0.3) is 0 Å². The Bertz CT molecular complexity index is 553. The number of hydrogen-bond acceptors (Lipinski definition) is 3. The van der Waals surface area contributed by atoms with Crippen molar-refractivity contribution in [2.24, 2.45) is 0 Å². The van der Waals surface area contributed by atoms with Crippen LogP contribution in [0.3, 0.4) is 0 Å². The lowest BCUT2D eigenvalue weighted by Gasteiger charge is -2.08. The van der Waals surface area contributed by atoms with Gasteiger partial charge in [0.2, 0.25) is 0 Å². The van der Waals surface area contributed by atoms with Crippen LogP contribution < -0.4 is 4.74 Å². The number of nitrogens with zero attached hydrogens (tertiary/aromatic N) is 1. The van der Waals surface area contributed by atoms with Crippen LogP contribution in [0.2, 0.25) is 0 Å². The largest absolute Gasteiger partial charge is 0.493 e. The molecule has 0 saturated heterocycles. The molecule has 0 saturated carbocycles. The second-order valence-corrected chi connectivity index (χ2v) is 5.20. The predicted octanol–water partition coefficient (Wildman–Crippen LogP) is 4.52. The van der Waals surface area contributed by atoms with Crippen LogP contribution in [-0.2, 0) is 18.5 Å². The highest BCUT2D eigenvalue weighted by molar-refractivity contribution is 7.09. The van der Waals surface area contributed by atoms with Gasteiger partial charge < -0.3 is 4.74 Å². The van der Waals surface area contributed by atoms with E-state index in [9.17, 15) is 13.2 Å². The summed E-state index contributed by atoms with van der Waals surface area (Å²) in [5.74, 6) is 0.781. The predicted molar refractivity (Wildman–Crippen MR) is 72.3 cm³/mol. The molecule has 0 spiro atoms. The van der Waals surface area contributed by atoms with E-state index in [1.807, 2.05) is 5.38 Å². The molecule has 2 nitrogen and oxygen atoms in total. The van der Waals surface area contributed by atoms with Gasteiger partial charge in [-0.2, -0.15) is 13.2 Å². The highest BCUT2D eigenvalue weighted by Gasteiger charge is 2.29. The van der Waals surface area contributed by atoms with Gasteiger partial charge >= 0.3 is 6.18 Å². The second kappa shape index (κ2) is 6.45. The van der Waals surface area contributed by atoms with Crippen LogP contribution in [0.4, 0.5) is 13.2 Å². The molecule has 1 aromatic heterocycles. The summed E-state index contributed by atoms with van der Waals surface area (Å²) < 4.78 is 42.5. The minimum Gasteiger partial charge on any atom is -0.493 e. The molecule has 2 aromatic rings. The molecule has 1 aromatic carbocycles. The molecular formula is C13H11ClF3NOS. The molecule has 1 heterocycles. The summed E-state index contributed by atoms with van der Waals surface area (Å²) in [4.78, 5) is 4.26. The van der Waals surface area contributed by atoms with Crippen molar-refractivity contribution in [1.82, 2.24) is 4.98 Å². The number of aromatic nitrogens is 1. The molecule has 0 unspecified atom stereocenters. The standard InChI is InChI=1S/C13H11ClF3NOS/c14-7-10-8-20-12(18-10)5-6-19-11-3-1-9(2-4-11)13(15,16)17/h1-4,8H,5-7H2. The maximum Gasteiger partial charge on any atom is 0.416 e. The number of ether oxygens (including phenoxy) is 1. The lowest BCUT2D eigenvalue weighted by atomic mass is 10.2. The van der Waals surface area contributed by atoms with Crippen LogP contribution in [0.1, 0.15) is 16.3 Å². The minimum atomic E-state index is -4.32. The lowest BCUT2D eigenvalue weighted by Crippen LogP contribution is -2.05. The van der Waals surface area contributed by atoms with E-state index in [-0.39, 0.29) is 0 Å². The normalized spacial score (nSPS) is 11.6. The Kier molecular flexibility index (Phi) is 4.88. The van der Waals surface area contributed by atoms with Crippen LogP contribution in [-0.4, -0.2) is 11.6 Å². The monoisotopic (exact) mass is 321 g/mol. The Morgan fingerprint density at radius 3 is 2.45 bits per heavy atom. The first-order valence-corrected chi connectivity index (χ1v) is 7.20. The third-order valence-corrected chi connectivity index (χ3v) is 3.73.